The van der Waals surface area contributed by atoms with Crippen molar-refractivity contribution in [3.05, 3.63) is 82.1 Å². The summed E-state index contributed by atoms with van der Waals surface area (Å²) in [7, 11) is 1.55. The van der Waals surface area contributed by atoms with Crippen molar-refractivity contribution in [1.29, 1.82) is 0 Å². The number of hydrogen-bond donors (Lipinski definition) is 1. The molecule has 0 saturated heterocycles. The lowest BCUT2D eigenvalue weighted by Gasteiger charge is -2.27. The van der Waals surface area contributed by atoms with Crippen molar-refractivity contribution >= 4 is 23.0 Å². The van der Waals surface area contributed by atoms with Crippen LogP contribution in [0.2, 0.25) is 0 Å². The number of carbonyl (C=O) groups excluding carboxylic acids is 2. The molecule has 0 saturated carbocycles. The fourth-order valence-corrected chi connectivity index (χ4v) is 5.03. The predicted octanol–water partition coefficient (Wildman–Crippen LogP) is 5.12. The van der Waals surface area contributed by atoms with Crippen molar-refractivity contribution in [2.45, 2.75) is 26.3 Å². The molecule has 6 nitrogen and oxygen atoms in total. The Morgan fingerprint density at radius 2 is 1.84 bits per heavy atom. The van der Waals surface area contributed by atoms with Crippen LogP contribution in [0.15, 0.2) is 65.9 Å². The first-order valence-electron chi connectivity index (χ1n) is 10.4. The highest BCUT2D eigenvalue weighted by Crippen LogP contribution is 2.43. The molecule has 0 radical (unpaired) electrons. The van der Waals surface area contributed by atoms with E-state index in [9.17, 15) is 14.7 Å². The highest BCUT2D eigenvalue weighted by atomic mass is 32.1. The van der Waals surface area contributed by atoms with E-state index in [0.717, 1.165) is 10.6 Å². The van der Waals surface area contributed by atoms with Gasteiger partial charge in [0.25, 0.3) is 5.91 Å². The molecule has 1 amide bonds. The number of ether oxygens (including phenoxy) is 1. The second kappa shape index (κ2) is 8.96. The molecule has 0 fully saturated rings. The molecule has 2 heterocycles. The van der Waals surface area contributed by atoms with E-state index in [1.807, 2.05) is 55.5 Å². The Labute approximate surface area is 190 Å². The van der Waals surface area contributed by atoms with Crippen LogP contribution in [0, 0.1) is 6.92 Å². The number of rotatable bonds is 7. The lowest BCUT2D eigenvalue weighted by atomic mass is 9.94. The first kappa shape index (κ1) is 21.8. The maximum atomic E-state index is 13.7. The molecule has 4 rings (SSSR count). The molecule has 1 atom stereocenters. The minimum Gasteiger partial charge on any atom is -0.503 e. The third-order valence-electron chi connectivity index (χ3n) is 5.47. The van der Waals surface area contributed by atoms with E-state index in [-0.39, 0.29) is 11.4 Å². The minimum atomic E-state index is -0.729. The predicted molar refractivity (Wildman–Crippen MR) is 124 cm³/mol. The number of aliphatic hydroxyl groups excluding tert-OH is 1. The summed E-state index contributed by atoms with van der Waals surface area (Å²) in [5.74, 6) is -0.884. The lowest BCUT2D eigenvalue weighted by molar-refractivity contribution is -0.129. The molecule has 164 valence electrons. The Morgan fingerprint density at radius 3 is 2.53 bits per heavy atom. The summed E-state index contributed by atoms with van der Waals surface area (Å²) in [4.78, 5) is 33.2. The van der Waals surface area contributed by atoms with E-state index in [0.29, 0.717) is 34.8 Å². The van der Waals surface area contributed by atoms with E-state index < -0.39 is 17.7 Å². The minimum absolute atomic E-state index is 0.0688. The van der Waals surface area contributed by atoms with Gasteiger partial charge in [-0.1, -0.05) is 55.5 Å². The Kier molecular flexibility index (Phi) is 6.10. The molecule has 1 unspecified atom stereocenters. The maximum Gasteiger partial charge on any atom is 0.290 e. The third-order valence-corrected chi connectivity index (χ3v) is 6.68. The van der Waals surface area contributed by atoms with Crippen molar-refractivity contribution in [3.8, 4) is 16.3 Å². The fourth-order valence-electron chi connectivity index (χ4n) is 4.01. The van der Waals surface area contributed by atoms with Gasteiger partial charge in [0.1, 0.15) is 10.8 Å². The SMILES string of the molecule is CCCN1C(=O)C(O)=C(C(=O)c2sc(-c3ccccc3)nc2C)C1c1ccccc1OC. The number of carbonyl (C=O) groups is 2. The van der Waals surface area contributed by atoms with Gasteiger partial charge >= 0.3 is 0 Å². The molecule has 3 aromatic rings. The molecule has 1 aliphatic rings. The Hall–Kier alpha value is -3.45. The smallest absolute Gasteiger partial charge is 0.290 e. The topological polar surface area (TPSA) is 79.7 Å². The number of nitrogens with zero attached hydrogens (tertiary/aromatic N) is 2. The second-order valence-corrected chi connectivity index (χ2v) is 8.53. The largest absolute Gasteiger partial charge is 0.503 e. The van der Waals surface area contributed by atoms with Crippen LogP contribution in [0.25, 0.3) is 10.6 Å². The molecule has 0 bridgehead atoms. The van der Waals surface area contributed by atoms with Crippen LogP contribution < -0.4 is 4.74 Å². The van der Waals surface area contributed by atoms with Crippen LogP contribution in [0.3, 0.4) is 0 Å². The van der Waals surface area contributed by atoms with Gasteiger partial charge in [-0.15, -0.1) is 11.3 Å². The standard InChI is InChI=1S/C25H24N2O4S/c1-4-14-27-20(17-12-8-9-13-18(17)31-3)19(22(29)25(27)30)21(28)23-15(2)26-24(32-23)16-10-6-5-7-11-16/h5-13,20,29H,4,14H2,1-3H3. The van der Waals surface area contributed by atoms with E-state index in [1.54, 1.807) is 20.1 Å². The molecule has 1 aromatic heterocycles. The molecule has 1 aliphatic heterocycles. The van der Waals surface area contributed by atoms with E-state index in [2.05, 4.69) is 4.98 Å². The number of benzene rings is 2. The van der Waals surface area contributed by atoms with Crippen molar-refractivity contribution in [2.24, 2.45) is 0 Å². The van der Waals surface area contributed by atoms with Crippen molar-refractivity contribution in [1.82, 2.24) is 9.88 Å². The summed E-state index contributed by atoms with van der Waals surface area (Å²) in [5, 5.41) is 11.5. The number of thiazole rings is 1. The van der Waals surface area contributed by atoms with Gasteiger partial charge in [-0.25, -0.2) is 4.98 Å². The van der Waals surface area contributed by atoms with Crippen LogP contribution >= 0.6 is 11.3 Å². The van der Waals surface area contributed by atoms with Crippen LogP contribution in [0.4, 0.5) is 0 Å². The number of aliphatic hydroxyl groups is 1. The van der Waals surface area contributed by atoms with E-state index in [4.69, 9.17) is 4.74 Å². The molecular weight excluding hydrogens is 424 g/mol. The average Bonchev–Trinajstić information content (AvgIpc) is 3.32. The van der Waals surface area contributed by atoms with Gasteiger partial charge in [0, 0.05) is 17.7 Å². The number of ketones is 1. The Balaban J connectivity index is 1.82. The van der Waals surface area contributed by atoms with Crippen molar-refractivity contribution in [2.75, 3.05) is 13.7 Å². The van der Waals surface area contributed by atoms with Crippen LogP contribution in [0.5, 0.6) is 5.75 Å². The van der Waals surface area contributed by atoms with Crippen LogP contribution in [-0.4, -0.2) is 40.3 Å². The summed E-state index contributed by atoms with van der Waals surface area (Å²) in [6, 6.07) is 16.1. The third kappa shape index (κ3) is 3.69. The fraction of sp³-hybridized carbons (Fsp3) is 0.240. The van der Waals surface area contributed by atoms with Gasteiger partial charge in [-0.2, -0.15) is 0 Å². The maximum absolute atomic E-state index is 13.7. The molecule has 7 heteroatoms. The monoisotopic (exact) mass is 448 g/mol. The van der Waals surface area contributed by atoms with Gasteiger partial charge in [-0.3, -0.25) is 9.59 Å². The number of Topliss-reactive ketones (excluding diaryl/α,β-unsaturated/α-hetero) is 1. The zero-order valence-corrected chi connectivity index (χ0v) is 19.0. The van der Waals surface area contributed by atoms with Gasteiger partial charge in [0.15, 0.2) is 5.76 Å². The number of hydrogen-bond acceptors (Lipinski definition) is 6. The summed E-state index contributed by atoms with van der Waals surface area (Å²) in [6.45, 7) is 4.12. The van der Waals surface area contributed by atoms with Crippen LogP contribution in [0.1, 0.15) is 40.3 Å². The molecule has 32 heavy (non-hydrogen) atoms. The van der Waals surface area contributed by atoms with Gasteiger partial charge in [0.05, 0.1) is 29.3 Å². The van der Waals surface area contributed by atoms with Crippen molar-refractivity contribution in [3.63, 3.8) is 0 Å². The Morgan fingerprint density at radius 1 is 1.16 bits per heavy atom. The van der Waals surface area contributed by atoms with Gasteiger partial charge < -0.3 is 14.7 Å². The highest BCUT2D eigenvalue weighted by molar-refractivity contribution is 7.17. The zero-order chi connectivity index (χ0) is 22.8. The van der Waals surface area contributed by atoms with Gasteiger partial charge in [0.2, 0.25) is 5.78 Å². The molecule has 0 aliphatic carbocycles. The number of amides is 1. The summed E-state index contributed by atoms with van der Waals surface area (Å²) < 4.78 is 5.51. The molecular formula is C25H24N2O4S. The summed E-state index contributed by atoms with van der Waals surface area (Å²) in [6.07, 6.45) is 0.684. The second-order valence-electron chi connectivity index (χ2n) is 7.53. The van der Waals surface area contributed by atoms with Crippen molar-refractivity contribution < 1.29 is 19.4 Å². The number of methoxy groups -OCH3 is 1. The summed E-state index contributed by atoms with van der Waals surface area (Å²) in [5.41, 5.74) is 2.21. The highest BCUT2D eigenvalue weighted by Gasteiger charge is 2.45. The Bertz CT molecular complexity index is 1200. The van der Waals surface area contributed by atoms with Gasteiger partial charge in [-0.05, 0) is 19.4 Å². The molecule has 1 N–H and O–H groups in total. The number of aromatic nitrogens is 1. The zero-order valence-electron chi connectivity index (χ0n) is 18.2. The van der Waals surface area contributed by atoms with E-state index in [1.165, 1.54) is 16.2 Å². The quantitative estimate of drug-likeness (QED) is 0.508. The lowest BCUT2D eigenvalue weighted by Crippen LogP contribution is -2.32. The molecule has 0 spiro atoms. The average molecular weight is 449 g/mol. The first-order chi connectivity index (χ1) is 15.5. The number of para-hydroxylation sites is 1. The summed E-state index contributed by atoms with van der Waals surface area (Å²) >= 11 is 1.27. The number of aryl methyl sites for hydroxylation is 1. The van der Waals surface area contributed by atoms with Crippen LogP contribution in [-0.2, 0) is 4.79 Å². The molecule has 2 aromatic carbocycles. The first-order valence-corrected chi connectivity index (χ1v) is 11.2. The normalized spacial score (nSPS) is 16.0. The van der Waals surface area contributed by atoms with E-state index >= 15 is 0 Å².